The number of primary amides is 1. The zero-order chi connectivity index (χ0) is 18.6. The Hall–Kier alpha value is -2.34. The van der Waals surface area contributed by atoms with Crippen molar-refractivity contribution in [3.05, 3.63) is 45.8 Å². The quantitative estimate of drug-likeness (QED) is 0.783. The summed E-state index contributed by atoms with van der Waals surface area (Å²) < 4.78 is 5.61. The molecule has 1 aromatic carbocycles. The third-order valence-corrected chi connectivity index (χ3v) is 4.80. The lowest BCUT2D eigenvalue weighted by Crippen LogP contribution is -2.18. The number of thiophene rings is 1. The van der Waals surface area contributed by atoms with E-state index in [0.29, 0.717) is 35.1 Å². The number of aryl methyl sites for hydroxylation is 1. The second kappa shape index (κ2) is 8.16. The van der Waals surface area contributed by atoms with Crippen LogP contribution in [-0.2, 0) is 6.42 Å². The van der Waals surface area contributed by atoms with E-state index in [9.17, 15) is 9.59 Å². The monoisotopic (exact) mass is 360 g/mol. The average molecular weight is 360 g/mol. The Kier molecular flexibility index (Phi) is 6.20. The molecule has 6 heteroatoms. The number of anilines is 1. The normalized spacial score (nSPS) is 10.8. The van der Waals surface area contributed by atoms with Crippen LogP contribution in [0.25, 0.3) is 0 Å². The van der Waals surface area contributed by atoms with Gasteiger partial charge < -0.3 is 15.8 Å². The van der Waals surface area contributed by atoms with Gasteiger partial charge in [0, 0.05) is 10.4 Å². The molecule has 2 amide bonds. The molecule has 1 heterocycles. The number of benzene rings is 1. The van der Waals surface area contributed by atoms with Gasteiger partial charge in [-0.2, -0.15) is 0 Å². The molecular formula is C19H24N2O3S. The fourth-order valence-corrected chi connectivity index (χ4v) is 3.64. The van der Waals surface area contributed by atoms with Crippen LogP contribution in [0.1, 0.15) is 51.9 Å². The molecular weight excluding hydrogens is 336 g/mol. The van der Waals surface area contributed by atoms with Crippen molar-refractivity contribution in [2.24, 2.45) is 11.7 Å². The molecule has 0 aliphatic rings. The molecule has 0 atom stereocenters. The summed E-state index contributed by atoms with van der Waals surface area (Å²) in [5, 5.41) is 3.32. The second-order valence-corrected chi connectivity index (χ2v) is 7.47. The average Bonchev–Trinajstić information content (AvgIpc) is 2.88. The van der Waals surface area contributed by atoms with E-state index in [2.05, 4.69) is 19.2 Å². The fourth-order valence-electron chi connectivity index (χ4n) is 2.49. The van der Waals surface area contributed by atoms with E-state index in [1.807, 2.05) is 13.8 Å². The molecule has 0 fully saturated rings. The Bertz CT molecular complexity index is 764. The SMILES string of the molecule is CCc1c(C)sc(NC(=O)c2ccc(OCC(C)C)cc2)c1C(N)=O. The Balaban J connectivity index is 2.16. The number of hydrogen-bond acceptors (Lipinski definition) is 4. The first-order valence-corrected chi connectivity index (χ1v) is 9.11. The van der Waals surface area contributed by atoms with Gasteiger partial charge in [0.1, 0.15) is 10.8 Å². The van der Waals surface area contributed by atoms with Crippen molar-refractivity contribution in [1.82, 2.24) is 0 Å². The fraction of sp³-hybridized carbons (Fsp3) is 0.368. The van der Waals surface area contributed by atoms with Crippen LogP contribution in [0.4, 0.5) is 5.00 Å². The zero-order valence-electron chi connectivity index (χ0n) is 15.0. The first-order valence-electron chi connectivity index (χ1n) is 8.29. The van der Waals surface area contributed by atoms with Crippen molar-refractivity contribution in [1.29, 1.82) is 0 Å². The molecule has 0 radical (unpaired) electrons. The minimum atomic E-state index is -0.520. The minimum absolute atomic E-state index is 0.276. The van der Waals surface area contributed by atoms with Crippen LogP contribution in [0.5, 0.6) is 5.75 Å². The summed E-state index contributed by atoms with van der Waals surface area (Å²) in [6.07, 6.45) is 0.693. The molecule has 0 saturated carbocycles. The van der Waals surface area contributed by atoms with Gasteiger partial charge in [-0.15, -0.1) is 11.3 Å². The molecule has 0 spiro atoms. The van der Waals surface area contributed by atoms with Gasteiger partial charge in [0.2, 0.25) is 0 Å². The highest BCUT2D eigenvalue weighted by atomic mass is 32.1. The molecule has 1 aromatic heterocycles. The largest absolute Gasteiger partial charge is 0.493 e. The van der Waals surface area contributed by atoms with E-state index in [0.717, 1.165) is 16.2 Å². The zero-order valence-corrected chi connectivity index (χ0v) is 15.8. The van der Waals surface area contributed by atoms with Crippen LogP contribution in [-0.4, -0.2) is 18.4 Å². The number of carbonyl (C=O) groups excluding carboxylic acids is 2. The maximum atomic E-state index is 12.5. The molecule has 0 aliphatic carbocycles. The van der Waals surface area contributed by atoms with Crippen molar-refractivity contribution < 1.29 is 14.3 Å². The van der Waals surface area contributed by atoms with Crippen molar-refractivity contribution in [2.75, 3.05) is 11.9 Å². The summed E-state index contributed by atoms with van der Waals surface area (Å²) >= 11 is 1.37. The van der Waals surface area contributed by atoms with E-state index in [4.69, 9.17) is 10.5 Å². The standard InChI is InChI=1S/C19H24N2O3S/c1-5-15-12(4)25-19(16(15)17(20)22)21-18(23)13-6-8-14(9-7-13)24-10-11(2)3/h6-9,11H,5,10H2,1-4H3,(H2,20,22)(H,21,23). The van der Waals surface area contributed by atoms with Crippen LogP contribution in [0.15, 0.2) is 24.3 Å². The number of carbonyl (C=O) groups is 2. The van der Waals surface area contributed by atoms with Crippen molar-refractivity contribution >= 4 is 28.2 Å². The molecule has 0 aliphatic heterocycles. The van der Waals surface area contributed by atoms with Gasteiger partial charge in [0.25, 0.3) is 11.8 Å². The van der Waals surface area contributed by atoms with Crippen molar-refractivity contribution in [2.45, 2.75) is 34.1 Å². The summed E-state index contributed by atoms with van der Waals surface area (Å²) in [5.41, 5.74) is 7.30. The third kappa shape index (κ3) is 4.60. The van der Waals surface area contributed by atoms with Crippen molar-refractivity contribution in [3.8, 4) is 5.75 Å². The second-order valence-electron chi connectivity index (χ2n) is 6.24. The molecule has 2 rings (SSSR count). The van der Waals surface area contributed by atoms with E-state index in [1.165, 1.54) is 11.3 Å². The highest BCUT2D eigenvalue weighted by Crippen LogP contribution is 2.33. The lowest BCUT2D eigenvalue weighted by molar-refractivity contribution is 0.100. The topological polar surface area (TPSA) is 81.4 Å². The van der Waals surface area contributed by atoms with E-state index >= 15 is 0 Å². The van der Waals surface area contributed by atoms with Gasteiger partial charge in [-0.3, -0.25) is 9.59 Å². The Labute approximate surface area is 152 Å². The summed E-state index contributed by atoms with van der Waals surface area (Å²) in [4.78, 5) is 25.2. The van der Waals surface area contributed by atoms with E-state index in [1.54, 1.807) is 24.3 Å². The van der Waals surface area contributed by atoms with Gasteiger partial charge >= 0.3 is 0 Å². The summed E-state index contributed by atoms with van der Waals surface area (Å²) in [6.45, 7) is 8.66. The lowest BCUT2D eigenvalue weighted by atomic mass is 10.1. The van der Waals surface area contributed by atoms with Crippen LogP contribution < -0.4 is 15.8 Å². The molecule has 25 heavy (non-hydrogen) atoms. The highest BCUT2D eigenvalue weighted by molar-refractivity contribution is 7.16. The third-order valence-electron chi connectivity index (χ3n) is 3.74. The van der Waals surface area contributed by atoms with Gasteiger partial charge in [-0.05, 0) is 49.1 Å². The van der Waals surface area contributed by atoms with Crippen LogP contribution in [0.3, 0.4) is 0 Å². The van der Waals surface area contributed by atoms with Gasteiger partial charge in [0.15, 0.2) is 0 Å². The Morgan fingerprint density at radius 3 is 2.40 bits per heavy atom. The van der Waals surface area contributed by atoms with Gasteiger partial charge in [-0.25, -0.2) is 0 Å². The minimum Gasteiger partial charge on any atom is -0.493 e. The Morgan fingerprint density at radius 2 is 1.88 bits per heavy atom. The lowest BCUT2D eigenvalue weighted by Gasteiger charge is -2.09. The molecule has 0 bridgehead atoms. The predicted molar refractivity (Wildman–Crippen MR) is 102 cm³/mol. The maximum Gasteiger partial charge on any atom is 0.256 e. The summed E-state index contributed by atoms with van der Waals surface area (Å²) in [7, 11) is 0. The van der Waals surface area contributed by atoms with Gasteiger partial charge in [0.05, 0.1) is 12.2 Å². The summed E-state index contributed by atoms with van der Waals surface area (Å²) in [6, 6.07) is 6.94. The summed E-state index contributed by atoms with van der Waals surface area (Å²) in [5.74, 6) is 0.365. The van der Waals surface area contributed by atoms with Crippen LogP contribution in [0.2, 0.25) is 0 Å². The molecule has 2 aromatic rings. The molecule has 5 nitrogen and oxygen atoms in total. The molecule has 0 saturated heterocycles. The maximum absolute atomic E-state index is 12.5. The first-order chi connectivity index (χ1) is 11.8. The molecule has 134 valence electrons. The predicted octanol–water partition coefficient (Wildman–Crippen LogP) is 4.00. The number of ether oxygens (including phenoxy) is 1. The van der Waals surface area contributed by atoms with Gasteiger partial charge in [-0.1, -0.05) is 20.8 Å². The number of nitrogens with one attached hydrogen (secondary N) is 1. The van der Waals surface area contributed by atoms with E-state index < -0.39 is 5.91 Å². The smallest absolute Gasteiger partial charge is 0.256 e. The Morgan fingerprint density at radius 1 is 1.24 bits per heavy atom. The molecule has 0 unspecified atom stereocenters. The van der Waals surface area contributed by atoms with E-state index in [-0.39, 0.29) is 5.91 Å². The number of hydrogen-bond donors (Lipinski definition) is 2. The number of nitrogens with two attached hydrogens (primary N) is 1. The van der Waals surface area contributed by atoms with Crippen LogP contribution >= 0.6 is 11.3 Å². The van der Waals surface area contributed by atoms with Crippen LogP contribution in [0, 0.1) is 12.8 Å². The highest BCUT2D eigenvalue weighted by Gasteiger charge is 2.20. The first kappa shape index (κ1) is 19.0. The molecule has 3 N–H and O–H groups in total. The number of amides is 2. The van der Waals surface area contributed by atoms with Crippen molar-refractivity contribution in [3.63, 3.8) is 0 Å². The number of rotatable bonds is 7.